The lowest BCUT2D eigenvalue weighted by molar-refractivity contribution is -0.368. The van der Waals surface area contributed by atoms with E-state index in [-0.39, 0.29) is 16.7 Å². The topological polar surface area (TPSA) is 281 Å². The Morgan fingerprint density at radius 2 is 0.446 bits per heavy atom. The highest BCUT2D eigenvalue weighted by Crippen LogP contribution is 2.60. The van der Waals surface area contributed by atoms with Crippen LogP contribution in [0.2, 0.25) is 0 Å². The second-order valence-corrected chi connectivity index (χ2v) is 15.3. The molecule has 0 atom stereocenters. The van der Waals surface area contributed by atoms with Gasteiger partial charge in [-0.2, -0.15) is 0 Å². The largest absolute Gasteiger partial charge is 0.493 e. The van der Waals surface area contributed by atoms with Gasteiger partial charge in [0.2, 0.25) is 0 Å². The third-order valence-electron chi connectivity index (χ3n) is 6.52. The van der Waals surface area contributed by atoms with Crippen molar-refractivity contribution in [2.45, 2.75) is 80.2 Å². The van der Waals surface area contributed by atoms with Crippen LogP contribution in [-0.4, -0.2) is 91.5 Å². The van der Waals surface area contributed by atoms with Crippen molar-refractivity contribution < 1.29 is 104 Å². The lowest BCUT2D eigenvalue weighted by Gasteiger charge is -2.39. The molecule has 0 radical (unpaired) electrons. The molecule has 0 unspecified atom stereocenters. The Kier molecular flexibility index (Phi) is 21.6. The molecule has 0 aliphatic heterocycles. The molecule has 23 heteroatoms. The van der Waals surface area contributed by atoms with Gasteiger partial charge in [0, 0.05) is 50.2 Å². The fourth-order valence-electron chi connectivity index (χ4n) is 3.20. The molecule has 0 aliphatic rings. The van der Waals surface area contributed by atoms with Crippen LogP contribution in [0, 0.1) is 0 Å². The molecule has 0 bridgehead atoms. The van der Waals surface area contributed by atoms with Gasteiger partial charge in [-0.15, -0.1) is 0 Å². The van der Waals surface area contributed by atoms with Gasteiger partial charge in [-0.25, -0.2) is 61.3 Å². The minimum absolute atomic E-state index is 0.361. The highest BCUT2D eigenvalue weighted by molar-refractivity contribution is 7.48. The fourth-order valence-corrected chi connectivity index (χ4v) is 4.71. The van der Waals surface area contributed by atoms with Crippen molar-refractivity contribution in [1.82, 2.24) is 0 Å². The molecule has 0 fully saturated rings. The van der Waals surface area contributed by atoms with Gasteiger partial charge in [0.05, 0.1) is 0 Å². The van der Waals surface area contributed by atoms with E-state index >= 15 is 4.57 Å². The van der Waals surface area contributed by atoms with Crippen molar-refractivity contribution in [1.29, 1.82) is 0 Å². The van der Waals surface area contributed by atoms with Gasteiger partial charge >= 0.3 is 79.5 Å². The number of hydrogen-bond acceptors (Lipinski definition) is 22. The molecule has 0 saturated carbocycles. The van der Waals surface area contributed by atoms with Crippen LogP contribution in [-0.2, 0) is 104 Å². The lowest BCUT2D eigenvalue weighted by Crippen LogP contribution is -2.53. The number of ether oxygens (including phenoxy) is 9. The number of carbonyl (C=O) groups excluding carboxylic acids is 9. The van der Waals surface area contributed by atoms with Crippen LogP contribution in [0.3, 0.4) is 0 Å². The van der Waals surface area contributed by atoms with E-state index in [1.165, 1.54) is 0 Å². The van der Waals surface area contributed by atoms with E-state index in [0.29, 0.717) is 0 Å². The third kappa shape index (κ3) is 19.1. The quantitative estimate of drug-likeness (QED) is 0.0337. The van der Waals surface area contributed by atoms with Gasteiger partial charge in [0.1, 0.15) is 0 Å². The molecule has 0 spiro atoms. The van der Waals surface area contributed by atoms with Crippen LogP contribution in [0.25, 0.3) is 0 Å². The molecule has 0 aromatic heterocycles. The maximum atomic E-state index is 15.9. The molecule has 0 heterocycles. The molecule has 356 valence electrons. The summed E-state index contributed by atoms with van der Waals surface area (Å²) in [6.45, 7) is 34.9. The van der Waals surface area contributed by atoms with E-state index in [9.17, 15) is 43.2 Å². The molecule has 0 amide bonds. The first-order valence-electron chi connectivity index (χ1n) is 18.1. The number of carbonyl (C=O) groups is 9. The minimum atomic E-state index is -6.84. The number of hydrogen-bond donors (Lipinski definition) is 0. The van der Waals surface area contributed by atoms with Gasteiger partial charge in [-0.1, -0.05) is 59.2 Å². The molecule has 0 aromatic carbocycles. The maximum absolute atomic E-state index is 15.9. The smallest absolute Gasteiger partial charge is 0.451 e. The zero-order chi connectivity index (χ0) is 51.0. The Hall–Kier alpha value is -7.00. The lowest BCUT2D eigenvalue weighted by atomic mass is 10.3. The predicted octanol–water partition coefficient (Wildman–Crippen LogP) is 5.18. The first-order valence-corrected chi connectivity index (χ1v) is 19.6. The van der Waals surface area contributed by atoms with Gasteiger partial charge < -0.3 is 42.6 Å². The Bertz CT molecular complexity index is 1850. The van der Waals surface area contributed by atoms with Gasteiger partial charge in [-0.05, 0) is 62.3 Å². The number of phosphoric ester groups is 1. The molecule has 0 saturated heterocycles. The van der Waals surface area contributed by atoms with E-state index in [1.807, 2.05) is 0 Å². The van der Waals surface area contributed by atoms with E-state index < -0.39 is 133 Å². The fraction of sp³-hybridized carbons (Fsp3) is 0.357. The molecule has 22 nitrogen and oxygen atoms in total. The van der Waals surface area contributed by atoms with Crippen LogP contribution in [0.4, 0.5) is 0 Å². The highest BCUT2D eigenvalue weighted by atomic mass is 31.2. The zero-order valence-corrected chi connectivity index (χ0v) is 38.3. The molecule has 0 N–H and O–H groups in total. The van der Waals surface area contributed by atoms with Crippen molar-refractivity contribution in [3.63, 3.8) is 0 Å². The first kappa shape index (κ1) is 58.0. The summed E-state index contributed by atoms with van der Waals surface area (Å²) < 4.78 is 79.2. The van der Waals surface area contributed by atoms with Crippen LogP contribution in [0.15, 0.2) is 109 Å². The number of esters is 9. The predicted molar refractivity (Wildman–Crippen MR) is 222 cm³/mol. The monoisotopic (exact) mass is 938 g/mol. The SMILES string of the molecule is C=C(C)C(=O)OCC(OC(=O)C(=C)C)(OC(=O)C(=C)C)OP(=O)(OC(COC(=O)C(=C)C)(OC(=O)C(=C)C)OC(=O)C(=C)C)OC(COC(=O)C(=C)C)(OC(=O)C(=C)C)OC(=O)C(=C)C. The van der Waals surface area contributed by atoms with Crippen LogP contribution < -0.4 is 0 Å². The minimum Gasteiger partial charge on any atom is -0.451 e. The second kappa shape index (κ2) is 24.2. The summed E-state index contributed by atoms with van der Waals surface area (Å²) in [5.74, 6) is -25.2. The second-order valence-electron chi connectivity index (χ2n) is 13.9. The molecular formula is C42H51O22P. The summed E-state index contributed by atoms with van der Waals surface area (Å²) >= 11 is 0. The van der Waals surface area contributed by atoms with E-state index in [2.05, 4.69) is 59.2 Å². The Balaban J connectivity index is 9.35. The normalized spacial score (nSPS) is 11.2. The number of phosphoric acid groups is 1. The standard InChI is InChI=1S/C42H51O22P/c1-22(2)31(43)53-19-40(56-34(46)25(7)8,57-35(47)26(9)10)62-65(52,63-41(58-36(48)27(11)12,59-37(49)28(13)14)20-54-32(44)23(3)4)64-42(60-38(50)29(15)16,61-39(51)30(17)18)21-55-33(45)24(5)6/h1,3,5,7,9,11,13,15,17,19-21H2,2,4,6,8,10,12,14,16,18H3. The summed E-state index contributed by atoms with van der Waals surface area (Å²) in [6.07, 6.45) is 0. The highest BCUT2D eigenvalue weighted by Gasteiger charge is 2.62. The molecule has 0 rings (SSSR count). The summed E-state index contributed by atoms with van der Waals surface area (Å²) in [7, 11) is -6.84. The molecular weight excluding hydrogens is 887 g/mol. The third-order valence-corrected chi connectivity index (χ3v) is 8.02. The van der Waals surface area contributed by atoms with Gasteiger partial charge in [0.25, 0.3) is 0 Å². The molecule has 0 aromatic rings. The average Bonchev–Trinajstić information content (AvgIpc) is 3.17. The van der Waals surface area contributed by atoms with Crippen LogP contribution in [0.5, 0.6) is 0 Å². The van der Waals surface area contributed by atoms with Crippen molar-refractivity contribution >= 4 is 61.5 Å². The van der Waals surface area contributed by atoms with E-state index in [4.69, 9.17) is 56.2 Å². The summed E-state index contributed by atoms with van der Waals surface area (Å²) in [6, 6.07) is 0. The van der Waals surface area contributed by atoms with Crippen molar-refractivity contribution in [2.24, 2.45) is 0 Å². The van der Waals surface area contributed by atoms with Gasteiger partial charge in [0.15, 0.2) is 19.8 Å². The van der Waals surface area contributed by atoms with E-state index in [0.717, 1.165) is 62.3 Å². The average molecular weight is 939 g/mol. The molecule has 0 aliphatic carbocycles. The van der Waals surface area contributed by atoms with Crippen molar-refractivity contribution in [3.8, 4) is 0 Å². The maximum Gasteiger partial charge on any atom is 0.493 e. The summed E-state index contributed by atoms with van der Waals surface area (Å²) in [4.78, 5) is 118. The number of rotatable bonds is 27. The zero-order valence-electron chi connectivity index (χ0n) is 37.4. The Morgan fingerprint density at radius 3 is 0.569 bits per heavy atom. The summed E-state index contributed by atoms with van der Waals surface area (Å²) in [5.41, 5.74) is -4.30. The van der Waals surface area contributed by atoms with Crippen molar-refractivity contribution in [3.05, 3.63) is 109 Å². The Morgan fingerprint density at radius 1 is 0.308 bits per heavy atom. The van der Waals surface area contributed by atoms with Crippen LogP contribution in [0.1, 0.15) is 62.3 Å². The van der Waals surface area contributed by atoms with Crippen LogP contribution >= 0.6 is 7.82 Å². The summed E-state index contributed by atoms with van der Waals surface area (Å²) in [5, 5.41) is 0. The van der Waals surface area contributed by atoms with Crippen molar-refractivity contribution in [2.75, 3.05) is 19.8 Å². The van der Waals surface area contributed by atoms with Gasteiger partial charge in [-0.3, -0.25) is 0 Å². The first-order chi connectivity index (χ1) is 29.6. The Labute approximate surface area is 374 Å². The van der Waals surface area contributed by atoms with E-state index in [1.54, 1.807) is 0 Å². The molecule has 65 heavy (non-hydrogen) atoms.